The summed E-state index contributed by atoms with van der Waals surface area (Å²) in [5, 5.41) is 19.7. The van der Waals surface area contributed by atoms with Crippen molar-refractivity contribution in [2.24, 2.45) is 7.05 Å². The number of aliphatic hydroxyl groups is 1. The molecule has 23 heavy (non-hydrogen) atoms. The van der Waals surface area contributed by atoms with Gasteiger partial charge in [0.05, 0.1) is 12.1 Å². The lowest BCUT2D eigenvalue weighted by molar-refractivity contribution is -0.00599. The maximum atomic E-state index is 10.3. The second-order valence-corrected chi connectivity index (χ2v) is 7.22. The van der Waals surface area contributed by atoms with Crippen molar-refractivity contribution >= 4 is 11.6 Å². The van der Waals surface area contributed by atoms with Gasteiger partial charge in [0, 0.05) is 23.7 Å². The number of aromatic nitrogens is 3. The van der Waals surface area contributed by atoms with E-state index in [4.69, 9.17) is 11.6 Å². The van der Waals surface area contributed by atoms with Crippen molar-refractivity contribution in [1.82, 2.24) is 19.7 Å². The molecule has 1 N–H and O–H groups in total. The van der Waals surface area contributed by atoms with Gasteiger partial charge in [-0.2, -0.15) is 0 Å². The Balaban J connectivity index is 1.81. The van der Waals surface area contributed by atoms with Crippen molar-refractivity contribution in [3.8, 4) is 11.4 Å². The van der Waals surface area contributed by atoms with Crippen LogP contribution in [-0.4, -0.2) is 43.0 Å². The van der Waals surface area contributed by atoms with Crippen LogP contribution in [0.1, 0.15) is 32.5 Å². The summed E-state index contributed by atoms with van der Waals surface area (Å²) >= 11 is 5.94. The first kappa shape index (κ1) is 16.4. The molecule has 1 aromatic carbocycles. The van der Waals surface area contributed by atoms with Gasteiger partial charge in [0.1, 0.15) is 5.82 Å². The molecule has 2 aromatic rings. The summed E-state index contributed by atoms with van der Waals surface area (Å²) in [6.07, 6.45) is 2.13. The van der Waals surface area contributed by atoms with E-state index in [0.29, 0.717) is 11.6 Å². The molecule has 0 amide bonds. The number of likely N-dealkylation sites (tertiary alicyclic amines) is 1. The third kappa shape index (κ3) is 3.42. The number of hydrogen-bond donors (Lipinski definition) is 1. The van der Waals surface area contributed by atoms with E-state index in [9.17, 15) is 5.11 Å². The Bertz CT molecular complexity index is 675. The Hall–Kier alpha value is -1.43. The second-order valence-electron chi connectivity index (χ2n) is 6.79. The molecule has 2 heterocycles. The lowest BCUT2D eigenvalue weighted by atomic mass is 9.97. The Kier molecular flexibility index (Phi) is 4.45. The molecule has 0 bridgehead atoms. The number of nitrogens with zero attached hydrogens (tertiary/aromatic N) is 4. The fourth-order valence-corrected chi connectivity index (χ4v) is 3.47. The van der Waals surface area contributed by atoms with E-state index in [2.05, 4.69) is 15.1 Å². The number of hydrogen-bond acceptors (Lipinski definition) is 4. The Labute approximate surface area is 141 Å². The average Bonchev–Trinajstić information content (AvgIpc) is 3.08. The van der Waals surface area contributed by atoms with E-state index in [1.54, 1.807) is 0 Å². The molecule has 6 heteroatoms. The normalized spacial score (nSPS) is 19.4. The van der Waals surface area contributed by atoms with Gasteiger partial charge in [-0.05, 0) is 57.5 Å². The lowest BCUT2D eigenvalue weighted by Gasteiger charge is -2.33. The van der Waals surface area contributed by atoms with Gasteiger partial charge in [-0.15, -0.1) is 10.2 Å². The quantitative estimate of drug-likeness (QED) is 0.934. The third-order valence-corrected chi connectivity index (χ3v) is 4.84. The average molecular weight is 335 g/mol. The van der Waals surface area contributed by atoms with E-state index in [1.165, 1.54) is 0 Å². The Morgan fingerprint density at radius 3 is 2.61 bits per heavy atom. The van der Waals surface area contributed by atoms with Crippen LogP contribution in [0, 0.1) is 0 Å². The topological polar surface area (TPSA) is 54.2 Å². The first-order valence-electron chi connectivity index (χ1n) is 7.97. The number of rotatable bonds is 4. The van der Waals surface area contributed by atoms with Crippen LogP contribution in [0.5, 0.6) is 0 Å². The minimum absolute atomic E-state index is 0.165. The van der Waals surface area contributed by atoms with Crippen LogP contribution in [-0.2, 0) is 13.6 Å². The summed E-state index contributed by atoms with van der Waals surface area (Å²) in [5.41, 5.74) is 0.296. The van der Waals surface area contributed by atoms with Crippen molar-refractivity contribution < 1.29 is 5.11 Å². The van der Waals surface area contributed by atoms with Gasteiger partial charge in [-0.3, -0.25) is 4.90 Å². The Morgan fingerprint density at radius 1 is 1.26 bits per heavy atom. The van der Waals surface area contributed by atoms with Gasteiger partial charge >= 0.3 is 0 Å². The van der Waals surface area contributed by atoms with Gasteiger partial charge in [0.15, 0.2) is 5.82 Å². The van der Waals surface area contributed by atoms with Gasteiger partial charge in [-0.25, -0.2) is 0 Å². The smallest absolute Gasteiger partial charge is 0.163 e. The number of benzene rings is 1. The van der Waals surface area contributed by atoms with E-state index in [1.807, 2.05) is 49.7 Å². The molecule has 5 nitrogen and oxygen atoms in total. The molecule has 1 unspecified atom stereocenters. The third-order valence-electron chi connectivity index (χ3n) is 4.59. The molecule has 0 spiro atoms. The van der Waals surface area contributed by atoms with Crippen LogP contribution in [0.3, 0.4) is 0 Å². The standard InChI is InChI=1S/C17H23ClN4O/c1-17(2,23)14-5-4-10-22(14)11-15-19-20-16(21(15)3)12-6-8-13(18)9-7-12/h6-9,14,23H,4-5,10-11H2,1-3H3. The fraction of sp³-hybridized carbons (Fsp3) is 0.529. The molecular weight excluding hydrogens is 312 g/mol. The van der Waals surface area contributed by atoms with E-state index in [-0.39, 0.29) is 6.04 Å². The molecule has 1 aromatic heterocycles. The molecule has 1 saturated heterocycles. The predicted molar refractivity (Wildman–Crippen MR) is 91.2 cm³/mol. The maximum absolute atomic E-state index is 10.3. The molecule has 1 atom stereocenters. The largest absolute Gasteiger partial charge is 0.389 e. The van der Waals surface area contributed by atoms with Crippen LogP contribution in [0.4, 0.5) is 0 Å². The van der Waals surface area contributed by atoms with Crippen LogP contribution in [0.15, 0.2) is 24.3 Å². The van der Waals surface area contributed by atoms with Gasteiger partial charge in [0.2, 0.25) is 0 Å². The minimum Gasteiger partial charge on any atom is -0.389 e. The maximum Gasteiger partial charge on any atom is 0.163 e. The molecule has 0 aliphatic carbocycles. The first-order chi connectivity index (χ1) is 10.9. The van der Waals surface area contributed by atoms with Crippen LogP contribution in [0.25, 0.3) is 11.4 Å². The highest BCUT2D eigenvalue weighted by Crippen LogP contribution is 2.28. The van der Waals surface area contributed by atoms with Crippen molar-refractivity contribution in [3.05, 3.63) is 35.1 Å². The molecule has 0 saturated carbocycles. The minimum atomic E-state index is -0.700. The summed E-state index contributed by atoms with van der Waals surface area (Å²) in [6, 6.07) is 7.78. The molecule has 3 rings (SSSR count). The zero-order chi connectivity index (χ0) is 16.6. The van der Waals surface area contributed by atoms with Crippen molar-refractivity contribution in [2.75, 3.05) is 6.54 Å². The molecule has 1 aliphatic heterocycles. The molecule has 0 radical (unpaired) electrons. The SMILES string of the molecule is Cn1c(CN2CCCC2C(C)(C)O)nnc1-c1ccc(Cl)cc1. The fourth-order valence-electron chi connectivity index (χ4n) is 3.35. The van der Waals surface area contributed by atoms with Crippen LogP contribution < -0.4 is 0 Å². The summed E-state index contributed by atoms with van der Waals surface area (Å²) in [5.74, 6) is 1.74. The summed E-state index contributed by atoms with van der Waals surface area (Å²) < 4.78 is 2.02. The predicted octanol–water partition coefficient (Wildman–Crippen LogP) is 2.87. The van der Waals surface area contributed by atoms with Gasteiger partial charge in [0.25, 0.3) is 0 Å². The van der Waals surface area contributed by atoms with Crippen LogP contribution in [0.2, 0.25) is 5.02 Å². The Morgan fingerprint density at radius 2 is 1.96 bits per heavy atom. The van der Waals surface area contributed by atoms with Crippen molar-refractivity contribution in [3.63, 3.8) is 0 Å². The highest BCUT2D eigenvalue weighted by molar-refractivity contribution is 6.30. The molecule has 1 aliphatic rings. The van der Waals surface area contributed by atoms with E-state index < -0.39 is 5.60 Å². The molecule has 1 fully saturated rings. The lowest BCUT2D eigenvalue weighted by Crippen LogP contribution is -2.45. The second kappa shape index (κ2) is 6.23. The summed E-state index contributed by atoms with van der Waals surface area (Å²) in [6.45, 7) is 5.45. The monoisotopic (exact) mass is 334 g/mol. The van der Waals surface area contributed by atoms with Crippen LogP contribution >= 0.6 is 11.6 Å². The zero-order valence-electron chi connectivity index (χ0n) is 13.8. The van der Waals surface area contributed by atoms with E-state index >= 15 is 0 Å². The molecular formula is C17H23ClN4O. The first-order valence-corrected chi connectivity index (χ1v) is 8.34. The van der Waals surface area contributed by atoms with E-state index in [0.717, 1.165) is 36.6 Å². The molecule has 124 valence electrons. The summed E-state index contributed by atoms with van der Waals surface area (Å²) in [7, 11) is 1.98. The highest BCUT2D eigenvalue weighted by Gasteiger charge is 2.36. The van der Waals surface area contributed by atoms with Gasteiger partial charge < -0.3 is 9.67 Å². The highest BCUT2D eigenvalue weighted by atomic mass is 35.5. The van der Waals surface area contributed by atoms with Gasteiger partial charge in [-0.1, -0.05) is 11.6 Å². The van der Waals surface area contributed by atoms with Crippen molar-refractivity contribution in [1.29, 1.82) is 0 Å². The number of halogens is 1. The summed E-state index contributed by atoms with van der Waals surface area (Å²) in [4.78, 5) is 2.30. The van der Waals surface area contributed by atoms with Crippen molar-refractivity contribution in [2.45, 2.75) is 44.9 Å². The zero-order valence-corrected chi connectivity index (χ0v) is 14.6.